The summed E-state index contributed by atoms with van der Waals surface area (Å²) >= 11 is 0. The van der Waals surface area contributed by atoms with Crippen LogP contribution in [0.2, 0.25) is 0 Å². The fraction of sp³-hybridized carbons (Fsp3) is 0.600. The van der Waals surface area contributed by atoms with E-state index in [1.165, 1.54) is 21.1 Å². The molecule has 0 spiro atoms. The number of esters is 2. The minimum atomic E-state index is -0.986. The first-order valence-corrected chi connectivity index (χ1v) is 4.68. The van der Waals surface area contributed by atoms with E-state index in [0.717, 1.165) is 0 Å². The van der Waals surface area contributed by atoms with Crippen molar-refractivity contribution in [3.63, 3.8) is 0 Å². The van der Waals surface area contributed by atoms with Gasteiger partial charge in [-0.1, -0.05) is 0 Å². The largest absolute Gasteiger partial charge is 0.481 e. The zero-order valence-corrected chi connectivity index (χ0v) is 10.0. The molecule has 0 saturated carbocycles. The van der Waals surface area contributed by atoms with Crippen LogP contribution in [-0.2, 0) is 28.7 Å². The maximum absolute atomic E-state index is 10.2. The standard InChI is InChI=1S/C5H8O4.C5H8O3/c1-9-5(8)3-2-4(6)7;1-4(6)3-5(7)8-2/h2-3H2,1H3,(H,6,7);3H2,1-2H3. The number of hydrogen-bond acceptors (Lipinski definition) is 6. The minimum Gasteiger partial charge on any atom is -0.481 e. The lowest BCUT2D eigenvalue weighted by Gasteiger charge is -1.92. The van der Waals surface area contributed by atoms with Crippen molar-refractivity contribution in [2.75, 3.05) is 14.2 Å². The molecular formula is C10H16O7. The first kappa shape index (κ1) is 17.5. The van der Waals surface area contributed by atoms with Gasteiger partial charge in [-0.15, -0.1) is 0 Å². The number of ether oxygens (including phenoxy) is 2. The highest BCUT2D eigenvalue weighted by atomic mass is 16.5. The molecule has 1 N–H and O–H groups in total. The zero-order valence-electron chi connectivity index (χ0n) is 10.0. The highest BCUT2D eigenvalue weighted by Crippen LogP contribution is 1.89. The molecule has 7 nitrogen and oxygen atoms in total. The van der Waals surface area contributed by atoms with E-state index in [4.69, 9.17) is 5.11 Å². The van der Waals surface area contributed by atoms with Crippen molar-refractivity contribution in [3.8, 4) is 0 Å². The molecule has 0 radical (unpaired) electrons. The zero-order chi connectivity index (χ0) is 13.8. The minimum absolute atomic E-state index is 0.0498. The van der Waals surface area contributed by atoms with E-state index in [0.29, 0.717) is 0 Å². The van der Waals surface area contributed by atoms with E-state index in [-0.39, 0.29) is 25.0 Å². The van der Waals surface area contributed by atoms with Crippen LogP contribution in [-0.4, -0.2) is 43.0 Å². The van der Waals surface area contributed by atoms with Gasteiger partial charge in [0.1, 0.15) is 12.2 Å². The normalized spacial score (nSPS) is 8.41. The second-order valence-electron chi connectivity index (χ2n) is 2.92. The molecule has 0 rings (SSSR count). The van der Waals surface area contributed by atoms with Crippen LogP contribution in [0.1, 0.15) is 26.2 Å². The van der Waals surface area contributed by atoms with Crippen molar-refractivity contribution in [2.45, 2.75) is 26.2 Å². The van der Waals surface area contributed by atoms with Crippen LogP contribution >= 0.6 is 0 Å². The second kappa shape index (κ2) is 10.6. The second-order valence-corrected chi connectivity index (χ2v) is 2.92. The fourth-order valence-corrected chi connectivity index (χ4v) is 0.586. The van der Waals surface area contributed by atoms with E-state index >= 15 is 0 Å². The summed E-state index contributed by atoms with van der Waals surface area (Å²) in [6, 6.07) is 0. The SMILES string of the molecule is COC(=O)CC(C)=O.COC(=O)CCC(=O)O. The van der Waals surface area contributed by atoms with Gasteiger partial charge < -0.3 is 14.6 Å². The molecule has 0 aromatic heterocycles. The number of aliphatic carboxylic acids is 1. The van der Waals surface area contributed by atoms with Crippen molar-refractivity contribution in [1.29, 1.82) is 0 Å². The topological polar surface area (TPSA) is 107 Å². The van der Waals surface area contributed by atoms with E-state index in [2.05, 4.69) is 9.47 Å². The van der Waals surface area contributed by atoms with Crippen LogP contribution in [0.25, 0.3) is 0 Å². The van der Waals surface area contributed by atoms with Gasteiger partial charge in [-0.2, -0.15) is 0 Å². The van der Waals surface area contributed by atoms with E-state index < -0.39 is 17.9 Å². The van der Waals surface area contributed by atoms with Crippen LogP contribution in [0.4, 0.5) is 0 Å². The lowest BCUT2D eigenvalue weighted by atomic mass is 10.3. The average molecular weight is 248 g/mol. The lowest BCUT2D eigenvalue weighted by Crippen LogP contribution is -2.05. The molecular weight excluding hydrogens is 232 g/mol. The summed E-state index contributed by atoms with van der Waals surface area (Å²) in [5.41, 5.74) is 0. The Morgan fingerprint density at radius 2 is 1.41 bits per heavy atom. The van der Waals surface area contributed by atoms with Gasteiger partial charge in [-0.25, -0.2) is 0 Å². The molecule has 0 amide bonds. The molecule has 0 unspecified atom stereocenters. The monoisotopic (exact) mass is 248 g/mol. The fourth-order valence-electron chi connectivity index (χ4n) is 0.586. The van der Waals surface area contributed by atoms with Crippen molar-refractivity contribution < 1.29 is 33.8 Å². The Morgan fingerprint density at radius 3 is 1.65 bits per heavy atom. The Hall–Kier alpha value is -1.92. The van der Waals surface area contributed by atoms with Gasteiger partial charge in [0, 0.05) is 0 Å². The molecule has 7 heteroatoms. The predicted molar refractivity (Wildman–Crippen MR) is 56.2 cm³/mol. The van der Waals surface area contributed by atoms with Gasteiger partial charge in [0.15, 0.2) is 0 Å². The number of Topliss-reactive ketones (excluding diaryl/α,β-unsaturated/α-hetero) is 1. The highest BCUT2D eigenvalue weighted by molar-refractivity contribution is 5.93. The van der Waals surface area contributed by atoms with Crippen LogP contribution in [0.15, 0.2) is 0 Å². The average Bonchev–Trinajstić information content (AvgIpc) is 2.25. The molecule has 0 bridgehead atoms. The molecule has 0 fully saturated rings. The molecule has 0 aliphatic carbocycles. The molecule has 98 valence electrons. The van der Waals surface area contributed by atoms with Gasteiger partial charge in [0.05, 0.1) is 27.1 Å². The molecule has 0 aliphatic heterocycles. The summed E-state index contributed by atoms with van der Waals surface area (Å²) in [6.45, 7) is 1.34. The van der Waals surface area contributed by atoms with E-state index in [1.54, 1.807) is 0 Å². The number of hydrogen-bond donors (Lipinski definition) is 1. The van der Waals surface area contributed by atoms with E-state index in [9.17, 15) is 19.2 Å². The number of methoxy groups -OCH3 is 2. The number of rotatable bonds is 5. The van der Waals surface area contributed by atoms with Crippen molar-refractivity contribution in [1.82, 2.24) is 0 Å². The summed E-state index contributed by atoms with van der Waals surface area (Å²) in [4.78, 5) is 40.3. The predicted octanol–water partition coefficient (Wildman–Crippen LogP) is 0.163. The van der Waals surface area contributed by atoms with Gasteiger partial charge in [-0.3, -0.25) is 19.2 Å². The molecule has 0 heterocycles. The number of carboxylic acid groups (broad SMARTS) is 1. The van der Waals surface area contributed by atoms with Crippen LogP contribution in [0.5, 0.6) is 0 Å². The summed E-state index contributed by atoms with van der Waals surface area (Å²) < 4.78 is 8.40. The smallest absolute Gasteiger partial charge is 0.313 e. The number of carboxylic acids is 1. The first-order chi connectivity index (χ1) is 7.83. The Balaban J connectivity index is 0. The Morgan fingerprint density at radius 1 is 0.941 bits per heavy atom. The lowest BCUT2D eigenvalue weighted by molar-refractivity contribution is -0.145. The van der Waals surface area contributed by atoms with Crippen LogP contribution in [0, 0.1) is 0 Å². The maximum atomic E-state index is 10.2. The summed E-state index contributed by atoms with van der Waals surface area (Å²) in [6.07, 6.45) is -0.324. The Kier molecular flexibility index (Phi) is 10.9. The Bertz CT molecular complexity index is 282. The summed E-state index contributed by atoms with van der Waals surface area (Å²) in [5.74, 6) is -2.12. The quantitative estimate of drug-likeness (QED) is 0.545. The molecule has 17 heavy (non-hydrogen) atoms. The summed E-state index contributed by atoms with van der Waals surface area (Å²) in [7, 11) is 2.48. The van der Waals surface area contributed by atoms with Crippen LogP contribution < -0.4 is 0 Å². The molecule has 0 atom stereocenters. The maximum Gasteiger partial charge on any atom is 0.313 e. The van der Waals surface area contributed by atoms with Crippen LogP contribution in [0.3, 0.4) is 0 Å². The summed E-state index contributed by atoms with van der Waals surface area (Å²) in [5, 5.41) is 8.05. The van der Waals surface area contributed by atoms with Gasteiger partial charge >= 0.3 is 17.9 Å². The Labute approximate surface area is 98.7 Å². The third kappa shape index (κ3) is 16.7. The molecule has 0 aromatic carbocycles. The number of carbonyl (C=O) groups is 4. The third-order valence-electron chi connectivity index (χ3n) is 1.39. The van der Waals surface area contributed by atoms with Crippen molar-refractivity contribution in [3.05, 3.63) is 0 Å². The van der Waals surface area contributed by atoms with Gasteiger partial charge in [0.2, 0.25) is 0 Å². The van der Waals surface area contributed by atoms with Gasteiger partial charge in [0.25, 0.3) is 0 Å². The number of ketones is 1. The van der Waals surface area contributed by atoms with Crippen molar-refractivity contribution >= 4 is 23.7 Å². The first-order valence-electron chi connectivity index (χ1n) is 4.68. The third-order valence-corrected chi connectivity index (χ3v) is 1.39. The van der Waals surface area contributed by atoms with Crippen molar-refractivity contribution in [2.24, 2.45) is 0 Å². The van der Waals surface area contributed by atoms with E-state index in [1.807, 2.05) is 0 Å². The molecule has 0 aliphatic rings. The van der Waals surface area contributed by atoms with Gasteiger partial charge in [-0.05, 0) is 6.92 Å². The molecule has 0 saturated heterocycles. The molecule has 0 aromatic rings. The highest BCUT2D eigenvalue weighted by Gasteiger charge is 2.03. The number of carbonyl (C=O) groups excluding carboxylic acids is 3.